The van der Waals surface area contributed by atoms with E-state index < -0.39 is 16.8 Å². The molecule has 4 heterocycles. The van der Waals surface area contributed by atoms with Crippen molar-refractivity contribution in [2.45, 2.75) is 64.0 Å². The van der Waals surface area contributed by atoms with Gasteiger partial charge in [0.2, 0.25) is 10.2 Å². The van der Waals surface area contributed by atoms with Gasteiger partial charge in [0.15, 0.2) is 22.8 Å². The fourth-order valence-electron chi connectivity index (χ4n) is 4.52. The number of hydrogen-bond acceptors (Lipinski definition) is 8. The predicted molar refractivity (Wildman–Crippen MR) is 139 cm³/mol. The summed E-state index contributed by atoms with van der Waals surface area (Å²) in [7, 11) is 1.61. The van der Waals surface area contributed by atoms with E-state index in [1.807, 2.05) is 52.8 Å². The summed E-state index contributed by atoms with van der Waals surface area (Å²) in [6.07, 6.45) is 0.843. The van der Waals surface area contributed by atoms with Gasteiger partial charge in [0, 0.05) is 19.3 Å². The second-order valence-electron chi connectivity index (χ2n) is 8.65. The molecule has 0 aliphatic carbocycles. The van der Waals surface area contributed by atoms with Gasteiger partial charge < -0.3 is 20.1 Å². The lowest BCUT2D eigenvalue weighted by Gasteiger charge is -2.33. The van der Waals surface area contributed by atoms with E-state index in [0.29, 0.717) is 29.3 Å². The van der Waals surface area contributed by atoms with Crippen LogP contribution in [0, 0.1) is 6.92 Å². The average Bonchev–Trinajstić information content (AvgIpc) is 3.49. The number of benzene rings is 1. The second-order valence-corrected chi connectivity index (χ2v) is 10.2. The van der Waals surface area contributed by atoms with Crippen LogP contribution in [0.5, 0.6) is 0 Å². The molecule has 0 saturated carbocycles. The van der Waals surface area contributed by atoms with Gasteiger partial charge in [-0.2, -0.15) is 9.97 Å². The Morgan fingerprint density at radius 2 is 2.06 bits per heavy atom. The molecule has 2 aliphatic rings. The summed E-state index contributed by atoms with van der Waals surface area (Å²) >= 11 is 7.76. The molecule has 5 rings (SSSR count). The highest BCUT2D eigenvalue weighted by atomic mass is 35.5. The summed E-state index contributed by atoms with van der Waals surface area (Å²) in [5.74, 6) is 0.0859. The first-order chi connectivity index (χ1) is 16.7. The zero-order valence-electron chi connectivity index (χ0n) is 20.8. The van der Waals surface area contributed by atoms with Crippen LogP contribution < -0.4 is 10.6 Å². The van der Waals surface area contributed by atoms with Gasteiger partial charge in [-0.15, -0.1) is 11.8 Å². The number of amides is 1. The highest BCUT2D eigenvalue weighted by Gasteiger charge is 2.63. The summed E-state index contributed by atoms with van der Waals surface area (Å²) in [5, 5.41) is 6.16. The SMILES string of the molecule is CC.CNC(=O)C1(n2cnc3c(NCc4cccc(C)c4)nc(Cl)nc32)SCC2OC(C)(C)OC21. The monoisotopic (exact) mass is 518 g/mol. The zero-order chi connectivity index (χ0) is 25.4. The number of aryl methyl sites for hydroxylation is 1. The van der Waals surface area contributed by atoms with E-state index in [9.17, 15) is 4.79 Å². The Labute approximate surface area is 214 Å². The third-order valence-corrected chi connectivity index (χ3v) is 7.58. The molecular weight excluding hydrogens is 488 g/mol. The van der Waals surface area contributed by atoms with Crippen LogP contribution in [0.1, 0.15) is 38.8 Å². The maximum atomic E-state index is 13.3. The number of likely N-dealkylation sites (N-methyl/N-ethyl adjacent to an activating group) is 1. The molecule has 0 bridgehead atoms. The number of ether oxygens (including phenoxy) is 2. The molecule has 3 atom stereocenters. The number of thioether (sulfide) groups is 1. The summed E-state index contributed by atoms with van der Waals surface area (Å²) in [6, 6.07) is 8.19. The molecule has 0 radical (unpaired) electrons. The van der Waals surface area contributed by atoms with Crippen molar-refractivity contribution in [3.63, 3.8) is 0 Å². The summed E-state index contributed by atoms with van der Waals surface area (Å²) < 4.78 is 14.0. The van der Waals surface area contributed by atoms with Gasteiger partial charge in [0.1, 0.15) is 12.2 Å². The van der Waals surface area contributed by atoms with Crippen molar-refractivity contribution < 1.29 is 14.3 Å². The molecule has 2 saturated heterocycles. The fourth-order valence-corrected chi connectivity index (χ4v) is 6.21. The van der Waals surface area contributed by atoms with Gasteiger partial charge in [-0.25, -0.2) is 4.98 Å². The largest absolute Gasteiger partial charge is 0.364 e. The Kier molecular flexibility index (Phi) is 7.28. The topological polar surface area (TPSA) is 103 Å². The number of carbonyl (C=O) groups excluding carboxylic acids is 1. The second kappa shape index (κ2) is 9.93. The van der Waals surface area contributed by atoms with Crippen LogP contribution in [0.4, 0.5) is 5.82 Å². The van der Waals surface area contributed by atoms with Crippen LogP contribution in [-0.2, 0) is 25.7 Å². The van der Waals surface area contributed by atoms with E-state index in [1.54, 1.807) is 17.9 Å². The molecule has 35 heavy (non-hydrogen) atoms. The number of halogens is 1. The third kappa shape index (κ3) is 4.60. The first-order valence-electron chi connectivity index (χ1n) is 11.7. The first kappa shape index (κ1) is 25.7. The molecule has 3 unspecified atom stereocenters. The van der Waals surface area contributed by atoms with Gasteiger partial charge in [0.05, 0.1) is 6.33 Å². The van der Waals surface area contributed by atoms with Gasteiger partial charge in [-0.05, 0) is 37.9 Å². The van der Waals surface area contributed by atoms with Crippen molar-refractivity contribution in [3.05, 3.63) is 47.0 Å². The number of nitrogens with one attached hydrogen (secondary N) is 2. The minimum Gasteiger partial charge on any atom is -0.364 e. The maximum absolute atomic E-state index is 13.3. The van der Waals surface area contributed by atoms with Gasteiger partial charge in [0.25, 0.3) is 5.91 Å². The van der Waals surface area contributed by atoms with E-state index in [4.69, 9.17) is 21.1 Å². The minimum atomic E-state index is -1.15. The molecule has 188 valence electrons. The molecule has 0 spiro atoms. The summed E-state index contributed by atoms with van der Waals surface area (Å²) in [6.45, 7) is 10.3. The molecule has 3 aromatic rings. The van der Waals surface area contributed by atoms with Crippen LogP contribution >= 0.6 is 23.4 Å². The highest BCUT2D eigenvalue weighted by molar-refractivity contribution is 8.01. The van der Waals surface area contributed by atoms with Crippen molar-refractivity contribution in [2.75, 3.05) is 18.1 Å². The molecule has 2 N–H and O–H groups in total. The lowest BCUT2D eigenvalue weighted by Crippen LogP contribution is -2.53. The fraction of sp³-hybridized carbons (Fsp3) is 0.500. The third-order valence-electron chi connectivity index (χ3n) is 5.86. The quantitative estimate of drug-likeness (QED) is 0.487. The molecular formula is C24H31ClN6O3S. The Balaban J connectivity index is 0.00000141. The first-order valence-corrected chi connectivity index (χ1v) is 13.0. The molecule has 2 aromatic heterocycles. The van der Waals surface area contributed by atoms with Crippen LogP contribution in [-0.4, -0.2) is 56.2 Å². The molecule has 2 aliphatic heterocycles. The number of rotatable bonds is 5. The van der Waals surface area contributed by atoms with Crippen molar-refractivity contribution in [3.8, 4) is 0 Å². The number of aromatic nitrogens is 4. The Morgan fingerprint density at radius 3 is 2.77 bits per heavy atom. The average molecular weight is 519 g/mol. The van der Waals surface area contributed by atoms with E-state index in [2.05, 4.69) is 31.7 Å². The lowest BCUT2D eigenvalue weighted by molar-refractivity contribution is -0.155. The van der Waals surface area contributed by atoms with E-state index in [0.717, 1.165) is 5.56 Å². The van der Waals surface area contributed by atoms with E-state index in [1.165, 1.54) is 17.3 Å². The summed E-state index contributed by atoms with van der Waals surface area (Å²) in [4.78, 5) is 25.6. The van der Waals surface area contributed by atoms with Crippen molar-refractivity contribution in [1.29, 1.82) is 0 Å². The van der Waals surface area contributed by atoms with Crippen LogP contribution in [0.3, 0.4) is 0 Å². The number of hydrogen-bond donors (Lipinski definition) is 2. The normalized spacial score (nSPS) is 24.5. The number of fused-ring (bicyclic) bond motifs is 2. The predicted octanol–water partition coefficient (Wildman–Crippen LogP) is 4.09. The van der Waals surface area contributed by atoms with Crippen LogP contribution in [0.25, 0.3) is 11.2 Å². The molecule has 11 heteroatoms. The van der Waals surface area contributed by atoms with Gasteiger partial charge in [-0.3, -0.25) is 9.36 Å². The van der Waals surface area contributed by atoms with Crippen molar-refractivity contribution in [2.24, 2.45) is 0 Å². The van der Waals surface area contributed by atoms with E-state index in [-0.39, 0.29) is 17.3 Å². The van der Waals surface area contributed by atoms with Crippen molar-refractivity contribution >= 4 is 46.3 Å². The number of imidazole rings is 1. The molecule has 9 nitrogen and oxygen atoms in total. The van der Waals surface area contributed by atoms with E-state index >= 15 is 0 Å². The number of nitrogens with zero attached hydrogens (tertiary/aromatic N) is 4. The van der Waals surface area contributed by atoms with Crippen LogP contribution in [0.15, 0.2) is 30.6 Å². The Morgan fingerprint density at radius 1 is 1.29 bits per heavy atom. The maximum Gasteiger partial charge on any atom is 0.259 e. The van der Waals surface area contributed by atoms with Gasteiger partial charge in [-0.1, -0.05) is 43.7 Å². The summed E-state index contributed by atoms with van der Waals surface area (Å²) in [5.41, 5.74) is 3.25. The molecule has 2 fully saturated rings. The van der Waals surface area contributed by atoms with Crippen molar-refractivity contribution in [1.82, 2.24) is 24.8 Å². The molecule has 1 amide bonds. The number of carbonyl (C=O) groups is 1. The van der Waals surface area contributed by atoms with Gasteiger partial charge >= 0.3 is 0 Å². The zero-order valence-corrected chi connectivity index (χ0v) is 22.3. The van der Waals surface area contributed by atoms with Crippen LogP contribution in [0.2, 0.25) is 5.28 Å². The Bertz CT molecular complexity index is 1240. The lowest BCUT2D eigenvalue weighted by atomic mass is 10.1. The minimum absolute atomic E-state index is 0.0616. The Hall–Kier alpha value is -2.40. The molecule has 1 aromatic carbocycles. The highest BCUT2D eigenvalue weighted by Crippen LogP contribution is 2.52. The standard InChI is InChI=1S/C22H25ClN6O3S.C2H6/c1-12-6-5-7-13(8-12)9-25-17-15-18(28-20(23)27-17)29(11-26-15)22(19(30)24-4)16-14(10-33-22)31-21(2,3)32-16;1-2/h5-8,11,14,16H,9-10H2,1-4H3,(H,24,30)(H,25,27,28);1-2H3. The smallest absolute Gasteiger partial charge is 0.259 e. The number of anilines is 1.